The van der Waals surface area contributed by atoms with E-state index in [0.717, 1.165) is 10.9 Å². The van der Waals surface area contributed by atoms with Crippen LogP contribution in [0.4, 0.5) is 0 Å². The third-order valence-corrected chi connectivity index (χ3v) is 3.58. The predicted octanol–water partition coefficient (Wildman–Crippen LogP) is 3.94. The standard InChI is InChI=1S/C18H14ClNO4/c1-11(21)23-15-5-2-12(3-6-15)10-20-18(22)17-9-13-8-14(19)4-7-16(13)24-17/h2-9H,10H2,1H3,(H,20,22). The minimum Gasteiger partial charge on any atom is -0.451 e. The average molecular weight is 344 g/mol. The normalized spacial score (nSPS) is 10.6. The first-order valence-corrected chi connectivity index (χ1v) is 7.64. The van der Waals surface area contributed by atoms with E-state index in [1.54, 1.807) is 48.5 Å². The molecule has 0 saturated heterocycles. The monoisotopic (exact) mass is 343 g/mol. The van der Waals surface area contributed by atoms with Crippen molar-refractivity contribution in [2.45, 2.75) is 13.5 Å². The lowest BCUT2D eigenvalue weighted by Crippen LogP contribution is -2.22. The molecule has 0 spiro atoms. The van der Waals surface area contributed by atoms with Crippen LogP contribution in [0.3, 0.4) is 0 Å². The van der Waals surface area contributed by atoms with Crippen molar-refractivity contribution in [3.05, 3.63) is 64.9 Å². The Morgan fingerprint density at radius 3 is 2.58 bits per heavy atom. The van der Waals surface area contributed by atoms with E-state index in [4.69, 9.17) is 20.8 Å². The summed E-state index contributed by atoms with van der Waals surface area (Å²) in [6, 6.07) is 13.7. The van der Waals surface area contributed by atoms with Crippen LogP contribution in [0.2, 0.25) is 5.02 Å². The minimum atomic E-state index is -0.374. The third kappa shape index (κ3) is 3.75. The average Bonchev–Trinajstić information content (AvgIpc) is 2.96. The Bertz CT molecular complexity index is 899. The van der Waals surface area contributed by atoms with Crippen molar-refractivity contribution >= 4 is 34.4 Å². The van der Waals surface area contributed by atoms with Gasteiger partial charge in [0.15, 0.2) is 5.76 Å². The van der Waals surface area contributed by atoms with Crippen molar-refractivity contribution in [2.24, 2.45) is 0 Å². The first-order chi connectivity index (χ1) is 11.5. The van der Waals surface area contributed by atoms with Gasteiger partial charge in [-0.25, -0.2) is 0 Å². The molecule has 1 N–H and O–H groups in total. The molecule has 2 aromatic carbocycles. The number of rotatable bonds is 4. The quantitative estimate of drug-likeness (QED) is 0.575. The van der Waals surface area contributed by atoms with Crippen LogP contribution in [-0.4, -0.2) is 11.9 Å². The smallest absolute Gasteiger partial charge is 0.308 e. The second kappa shape index (κ2) is 6.76. The molecule has 0 bridgehead atoms. The van der Waals surface area contributed by atoms with Gasteiger partial charge < -0.3 is 14.5 Å². The summed E-state index contributed by atoms with van der Waals surface area (Å²) in [6.07, 6.45) is 0. The molecule has 6 heteroatoms. The first-order valence-electron chi connectivity index (χ1n) is 7.26. The lowest BCUT2D eigenvalue weighted by Gasteiger charge is -2.05. The van der Waals surface area contributed by atoms with Gasteiger partial charge in [0, 0.05) is 23.9 Å². The lowest BCUT2D eigenvalue weighted by atomic mass is 10.2. The topological polar surface area (TPSA) is 68.5 Å². The van der Waals surface area contributed by atoms with Crippen molar-refractivity contribution < 1.29 is 18.7 Å². The van der Waals surface area contributed by atoms with Crippen molar-refractivity contribution in [1.82, 2.24) is 5.32 Å². The molecule has 0 radical (unpaired) electrons. The molecule has 1 aromatic heterocycles. The summed E-state index contributed by atoms with van der Waals surface area (Å²) in [5.41, 5.74) is 1.48. The van der Waals surface area contributed by atoms with Gasteiger partial charge in [0.25, 0.3) is 5.91 Å². The van der Waals surface area contributed by atoms with E-state index in [-0.39, 0.29) is 17.6 Å². The van der Waals surface area contributed by atoms with Crippen LogP contribution in [0, 0.1) is 0 Å². The molecule has 1 amide bonds. The summed E-state index contributed by atoms with van der Waals surface area (Å²) < 4.78 is 10.5. The number of carbonyl (C=O) groups is 2. The van der Waals surface area contributed by atoms with E-state index in [1.807, 2.05) is 0 Å². The van der Waals surface area contributed by atoms with Gasteiger partial charge in [0.2, 0.25) is 0 Å². The zero-order chi connectivity index (χ0) is 17.1. The highest BCUT2D eigenvalue weighted by atomic mass is 35.5. The molecule has 0 aliphatic rings. The molecule has 24 heavy (non-hydrogen) atoms. The summed E-state index contributed by atoms with van der Waals surface area (Å²) in [5, 5.41) is 4.14. The SMILES string of the molecule is CC(=O)Oc1ccc(CNC(=O)c2cc3cc(Cl)ccc3o2)cc1. The number of benzene rings is 2. The molecule has 5 nitrogen and oxygen atoms in total. The number of esters is 1. The second-order valence-corrected chi connectivity index (χ2v) is 5.65. The highest BCUT2D eigenvalue weighted by Crippen LogP contribution is 2.23. The van der Waals surface area contributed by atoms with E-state index in [0.29, 0.717) is 22.9 Å². The maximum atomic E-state index is 12.2. The van der Waals surface area contributed by atoms with Crippen LogP contribution >= 0.6 is 11.6 Å². The number of furan rings is 1. The minimum absolute atomic E-state index is 0.226. The molecular formula is C18H14ClNO4. The summed E-state index contributed by atoms with van der Waals surface area (Å²) in [6.45, 7) is 1.67. The Hall–Kier alpha value is -2.79. The Labute approximate surface area is 143 Å². The summed E-state index contributed by atoms with van der Waals surface area (Å²) in [7, 11) is 0. The Balaban J connectivity index is 1.64. The van der Waals surface area contributed by atoms with Crippen molar-refractivity contribution in [3.8, 4) is 5.75 Å². The first kappa shape index (κ1) is 16.1. The molecule has 0 aliphatic carbocycles. The van der Waals surface area contributed by atoms with E-state index >= 15 is 0 Å². The van der Waals surface area contributed by atoms with Gasteiger partial charge in [-0.2, -0.15) is 0 Å². The predicted molar refractivity (Wildman–Crippen MR) is 90.1 cm³/mol. The second-order valence-electron chi connectivity index (χ2n) is 5.21. The number of hydrogen-bond donors (Lipinski definition) is 1. The van der Waals surface area contributed by atoms with E-state index in [9.17, 15) is 9.59 Å². The number of amides is 1. The zero-order valence-corrected chi connectivity index (χ0v) is 13.6. The fraction of sp³-hybridized carbons (Fsp3) is 0.111. The molecule has 3 rings (SSSR count). The van der Waals surface area contributed by atoms with Crippen molar-refractivity contribution in [1.29, 1.82) is 0 Å². The van der Waals surface area contributed by atoms with E-state index in [2.05, 4.69) is 5.32 Å². The molecule has 122 valence electrons. The lowest BCUT2D eigenvalue weighted by molar-refractivity contribution is -0.131. The number of halogens is 1. The van der Waals surface area contributed by atoms with Gasteiger partial charge in [0.1, 0.15) is 11.3 Å². The third-order valence-electron chi connectivity index (χ3n) is 3.34. The largest absolute Gasteiger partial charge is 0.451 e. The number of nitrogens with one attached hydrogen (secondary N) is 1. The molecule has 3 aromatic rings. The Morgan fingerprint density at radius 2 is 1.88 bits per heavy atom. The van der Waals surface area contributed by atoms with Crippen LogP contribution in [0.15, 0.2) is 52.9 Å². The Morgan fingerprint density at radius 1 is 1.12 bits per heavy atom. The van der Waals surface area contributed by atoms with Crippen LogP contribution in [0.5, 0.6) is 5.75 Å². The van der Waals surface area contributed by atoms with Crippen LogP contribution < -0.4 is 10.1 Å². The van der Waals surface area contributed by atoms with Gasteiger partial charge in [0.05, 0.1) is 0 Å². The molecule has 0 fully saturated rings. The van der Waals surface area contributed by atoms with Gasteiger partial charge in [-0.15, -0.1) is 0 Å². The van der Waals surface area contributed by atoms with Crippen LogP contribution in [0.1, 0.15) is 23.0 Å². The number of ether oxygens (including phenoxy) is 1. The summed E-state index contributed by atoms with van der Waals surface area (Å²) >= 11 is 5.92. The fourth-order valence-corrected chi connectivity index (χ4v) is 2.42. The molecular weight excluding hydrogens is 330 g/mol. The molecule has 0 unspecified atom stereocenters. The van der Waals surface area contributed by atoms with Gasteiger partial charge in [-0.3, -0.25) is 9.59 Å². The number of carbonyl (C=O) groups excluding carboxylic acids is 2. The highest BCUT2D eigenvalue weighted by Gasteiger charge is 2.12. The highest BCUT2D eigenvalue weighted by molar-refractivity contribution is 6.31. The van der Waals surface area contributed by atoms with Crippen LogP contribution in [-0.2, 0) is 11.3 Å². The van der Waals surface area contributed by atoms with Gasteiger partial charge in [-0.05, 0) is 42.0 Å². The van der Waals surface area contributed by atoms with Gasteiger partial charge >= 0.3 is 5.97 Å². The number of hydrogen-bond acceptors (Lipinski definition) is 4. The molecule has 1 heterocycles. The van der Waals surface area contributed by atoms with Crippen LogP contribution in [0.25, 0.3) is 11.0 Å². The molecule has 0 aliphatic heterocycles. The maximum Gasteiger partial charge on any atom is 0.308 e. The van der Waals surface area contributed by atoms with E-state index < -0.39 is 0 Å². The molecule has 0 saturated carbocycles. The molecule has 0 atom stereocenters. The van der Waals surface area contributed by atoms with Crippen molar-refractivity contribution in [3.63, 3.8) is 0 Å². The van der Waals surface area contributed by atoms with E-state index in [1.165, 1.54) is 6.92 Å². The van der Waals surface area contributed by atoms with Gasteiger partial charge in [-0.1, -0.05) is 23.7 Å². The maximum absolute atomic E-state index is 12.2. The Kier molecular flexibility index (Phi) is 4.53. The number of fused-ring (bicyclic) bond motifs is 1. The zero-order valence-electron chi connectivity index (χ0n) is 12.8. The van der Waals surface area contributed by atoms with Crippen molar-refractivity contribution in [2.75, 3.05) is 0 Å². The summed E-state index contributed by atoms with van der Waals surface area (Å²) in [5.74, 6) is 0.00275. The fourth-order valence-electron chi connectivity index (χ4n) is 2.24. The summed E-state index contributed by atoms with van der Waals surface area (Å²) in [4.78, 5) is 23.0.